The number of hydrogen-bond donors (Lipinski definition) is 3. The summed E-state index contributed by atoms with van der Waals surface area (Å²) in [6.45, 7) is 6.89. The number of carbonyl (C=O) groups is 3. The molecule has 3 N–H and O–H groups in total. The fourth-order valence-corrected chi connectivity index (χ4v) is 5.39. The Labute approximate surface area is 220 Å². The third-order valence-corrected chi connectivity index (χ3v) is 7.58. The highest BCUT2D eigenvalue weighted by Gasteiger charge is 2.38. The van der Waals surface area contributed by atoms with Crippen molar-refractivity contribution in [3.8, 4) is 6.07 Å². The molecule has 0 spiro atoms. The molecular formula is C28H41N5O4. The summed E-state index contributed by atoms with van der Waals surface area (Å²) in [5, 5.41) is 25.8. The number of benzene rings is 1. The lowest BCUT2D eigenvalue weighted by atomic mass is 9.84. The van der Waals surface area contributed by atoms with Gasteiger partial charge in [-0.2, -0.15) is 5.26 Å². The smallest absolute Gasteiger partial charge is 0.245 e. The van der Waals surface area contributed by atoms with E-state index >= 15 is 0 Å². The molecule has 1 unspecified atom stereocenters. The predicted octanol–water partition coefficient (Wildman–Crippen LogP) is 3.54. The Bertz CT molecular complexity index is 954. The third kappa shape index (κ3) is 8.19. The number of piperidine rings is 1. The van der Waals surface area contributed by atoms with Gasteiger partial charge in [0.05, 0.1) is 24.1 Å². The van der Waals surface area contributed by atoms with E-state index in [9.17, 15) is 19.6 Å². The molecule has 0 aromatic heterocycles. The highest BCUT2D eigenvalue weighted by atomic mass is 16.5. The first-order valence-electron chi connectivity index (χ1n) is 13.4. The van der Waals surface area contributed by atoms with E-state index < -0.39 is 17.4 Å². The molecule has 2 aliphatic rings. The molecule has 1 aromatic rings. The van der Waals surface area contributed by atoms with E-state index in [-0.39, 0.29) is 24.4 Å². The van der Waals surface area contributed by atoms with Gasteiger partial charge in [0.15, 0.2) is 0 Å². The van der Waals surface area contributed by atoms with Crippen molar-refractivity contribution >= 4 is 23.9 Å². The molecule has 9 nitrogen and oxygen atoms in total. The Hall–Kier alpha value is -3.12. The Kier molecular flexibility index (Phi) is 9.93. The van der Waals surface area contributed by atoms with Crippen molar-refractivity contribution in [3.05, 3.63) is 29.8 Å². The number of amides is 3. The maximum Gasteiger partial charge on any atom is 0.245 e. The van der Waals surface area contributed by atoms with Crippen LogP contribution in [0.4, 0.5) is 5.69 Å². The minimum absolute atomic E-state index is 0.0801. The molecule has 202 valence electrons. The summed E-state index contributed by atoms with van der Waals surface area (Å²) in [5.41, 5.74) is 1.06. The van der Waals surface area contributed by atoms with Crippen LogP contribution in [0.15, 0.2) is 24.3 Å². The predicted molar refractivity (Wildman–Crippen MR) is 140 cm³/mol. The number of hydrogen-bond acceptors (Lipinski definition) is 6. The van der Waals surface area contributed by atoms with Crippen LogP contribution in [0.1, 0.15) is 71.3 Å². The third-order valence-electron chi connectivity index (χ3n) is 7.58. The number of likely N-dealkylation sites (tertiary alicyclic amines) is 1. The molecule has 0 radical (unpaired) electrons. The molecule has 3 rings (SSSR count). The molecule has 9 heteroatoms. The Morgan fingerprint density at radius 1 is 1.16 bits per heavy atom. The average Bonchev–Trinajstić information content (AvgIpc) is 3.39. The molecule has 2 fully saturated rings. The van der Waals surface area contributed by atoms with Crippen LogP contribution in [0, 0.1) is 28.6 Å². The van der Waals surface area contributed by atoms with Gasteiger partial charge in [-0.05, 0) is 54.9 Å². The van der Waals surface area contributed by atoms with E-state index in [1.54, 1.807) is 12.1 Å². The highest BCUT2D eigenvalue weighted by Crippen LogP contribution is 2.31. The molecule has 3 amide bonds. The minimum atomic E-state index is -0.711. The second kappa shape index (κ2) is 12.9. The highest BCUT2D eigenvalue weighted by molar-refractivity contribution is 5.89. The summed E-state index contributed by atoms with van der Waals surface area (Å²) in [6, 6.07) is 8.96. The van der Waals surface area contributed by atoms with Gasteiger partial charge in [-0.15, -0.1) is 0 Å². The zero-order chi connectivity index (χ0) is 27.0. The molecular weight excluding hydrogens is 470 g/mol. The van der Waals surface area contributed by atoms with Crippen molar-refractivity contribution in [2.24, 2.45) is 17.3 Å². The van der Waals surface area contributed by atoms with E-state index in [0.29, 0.717) is 42.5 Å². The lowest BCUT2D eigenvalue weighted by Gasteiger charge is -2.39. The van der Waals surface area contributed by atoms with Crippen molar-refractivity contribution in [3.63, 3.8) is 0 Å². The molecule has 2 atom stereocenters. The average molecular weight is 512 g/mol. The maximum absolute atomic E-state index is 13.6. The largest absolute Gasteiger partial charge is 0.382 e. The van der Waals surface area contributed by atoms with Gasteiger partial charge in [0.1, 0.15) is 6.04 Å². The van der Waals surface area contributed by atoms with Crippen molar-refractivity contribution in [1.29, 1.82) is 5.26 Å². The fourth-order valence-electron chi connectivity index (χ4n) is 5.39. The first-order valence-corrected chi connectivity index (χ1v) is 13.4. The van der Waals surface area contributed by atoms with Crippen molar-refractivity contribution in [2.75, 3.05) is 25.0 Å². The topological polar surface area (TPSA) is 126 Å². The van der Waals surface area contributed by atoms with Crippen molar-refractivity contribution in [1.82, 2.24) is 15.3 Å². The van der Waals surface area contributed by atoms with Gasteiger partial charge in [0, 0.05) is 24.8 Å². The molecule has 0 bridgehead atoms. The monoisotopic (exact) mass is 511 g/mol. The van der Waals surface area contributed by atoms with Crippen LogP contribution in [0.25, 0.3) is 0 Å². The van der Waals surface area contributed by atoms with E-state index in [4.69, 9.17) is 5.26 Å². The van der Waals surface area contributed by atoms with Crippen molar-refractivity contribution < 1.29 is 19.6 Å². The van der Waals surface area contributed by atoms with Gasteiger partial charge in [-0.25, -0.2) is 5.06 Å². The van der Waals surface area contributed by atoms with Gasteiger partial charge in [0.2, 0.25) is 18.2 Å². The van der Waals surface area contributed by atoms with Crippen LogP contribution >= 0.6 is 0 Å². The maximum atomic E-state index is 13.6. The number of nitriles is 1. The van der Waals surface area contributed by atoms with Gasteiger partial charge >= 0.3 is 0 Å². The standard InChI is InChI=1S/C28H41N5O4/c1-28(2,3)25(31-26(35)22(18-33(37)19-34)16-20-6-4-5-7-20)27(36)32-14-12-24(13-15-32)30-23-10-8-21(17-29)9-11-23/h8-11,19-20,22,24-25,30,37H,4-7,12-16,18H2,1-3H3,(H,31,35)/t22?,25-/m1/s1. The van der Waals surface area contributed by atoms with Crippen LogP contribution in [0.2, 0.25) is 0 Å². The number of rotatable bonds is 10. The lowest BCUT2D eigenvalue weighted by molar-refractivity contribution is -0.156. The summed E-state index contributed by atoms with van der Waals surface area (Å²) in [6.07, 6.45) is 6.82. The summed E-state index contributed by atoms with van der Waals surface area (Å²) in [5.74, 6) is -0.576. The molecule has 1 saturated heterocycles. The number of nitrogens with one attached hydrogen (secondary N) is 2. The van der Waals surface area contributed by atoms with Crippen LogP contribution in [-0.4, -0.2) is 65.1 Å². The Balaban J connectivity index is 1.61. The minimum Gasteiger partial charge on any atom is -0.382 e. The summed E-state index contributed by atoms with van der Waals surface area (Å²) in [4.78, 5) is 39.8. The molecule has 37 heavy (non-hydrogen) atoms. The number of carbonyl (C=O) groups excluding carboxylic acids is 3. The van der Waals surface area contributed by atoms with E-state index in [2.05, 4.69) is 16.7 Å². The van der Waals surface area contributed by atoms with Crippen LogP contribution < -0.4 is 10.6 Å². The molecule has 1 heterocycles. The summed E-state index contributed by atoms with van der Waals surface area (Å²) >= 11 is 0. The molecule has 1 aliphatic heterocycles. The summed E-state index contributed by atoms with van der Waals surface area (Å²) in [7, 11) is 0. The Morgan fingerprint density at radius 3 is 2.32 bits per heavy atom. The van der Waals surface area contributed by atoms with E-state index in [1.807, 2.05) is 37.8 Å². The van der Waals surface area contributed by atoms with Crippen LogP contribution in [0.5, 0.6) is 0 Å². The second-order valence-corrected chi connectivity index (χ2v) is 11.6. The SMILES string of the molecule is CC(C)(C)[C@H](NC(=O)C(CC1CCCC1)CN(O)C=O)C(=O)N1CCC(Nc2ccc(C#N)cc2)CC1. The van der Waals surface area contributed by atoms with Gasteiger partial charge < -0.3 is 15.5 Å². The van der Waals surface area contributed by atoms with E-state index in [1.165, 1.54) is 0 Å². The zero-order valence-corrected chi connectivity index (χ0v) is 22.3. The molecule has 1 aliphatic carbocycles. The van der Waals surface area contributed by atoms with Crippen molar-refractivity contribution in [2.45, 2.75) is 77.8 Å². The van der Waals surface area contributed by atoms with Gasteiger partial charge in [-0.3, -0.25) is 19.6 Å². The van der Waals surface area contributed by atoms with Crippen LogP contribution in [-0.2, 0) is 14.4 Å². The number of hydroxylamine groups is 2. The second-order valence-electron chi connectivity index (χ2n) is 11.6. The quantitative estimate of drug-likeness (QED) is 0.251. The van der Waals surface area contributed by atoms with E-state index in [0.717, 1.165) is 44.2 Å². The van der Waals surface area contributed by atoms with Crippen LogP contribution in [0.3, 0.4) is 0 Å². The Morgan fingerprint density at radius 2 is 1.78 bits per heavy atom. The zero-order valence-electron chi connectivity index (χ0n) is 22.3. The first kappa shape index (κ1) is 28.5. The lowest BCUT2D eigenvalue weighted by Crippen LogP contribution is -2.58. The fraction of sp³-hybridized carbons (Fsp3) is 0.643. The molecule has 1 saturated carbocycles. The molecule has 1 aromatic carbocycles. The first-order chi connectivity index (χ1) is 17.6. The normalized spacial score (nSPS) is 18.5. The summed E-state index contributed by atoms with van der Waals surface area (Å²) < 4.78 is 0. The number of nitrogens with zero attached hydrogens (tertiary/aromatic N) is 3. The van der Waals surface area contributed by atoms with Gasteiger partial charge in [0.25, 0.3) is 0 Å². The number of anilines is 1. The van der Waals surface area contributed by atoms with Gasteiger partial charge in [-0.1, -0.05) is 46.5 Å².